The summed E-state index contributed by atoms with van der Waals surface area (Å²) in [6.07, 6.45) is 0. The van der Waals surface area contributed by atoms with Gasteiger partial charge >= 0.3 is 0 Å². The summed E-state index contributed by atoms with van der Waals surface area (Å²) in [5.74, 6) is 0.788. The highest BCUT2D eigenvalue weighted by Gasteiger charge is 2.10. The van der Waals surface area contributed by atoms with Crippen LogP contribution in [-0.4, -0.2) is 14.2 Å². The number of nitriles is 1. The number of anilines is 1. The van der Waals surface area contributed by atoms with Crippen LogP contribution in [0.15, 0.2) is 42.5 Å². The first-order valence-electron chi connectivity index (χ1n) is 6.18. The third-order valence-corrected chi connectivity index (χ3v) is 3.32. The summed E-state index contributed by atoms with van der Waals surface area (Å²) in [5.41, 5.74) is 2.52. The zero-order chi connectivity index (χ0) is 14.5. The standard InChI is InChI=1S/C16H15ClN2O/c1-19(15-6-4-3-5-12(15)10-18)11-13-9-14(17)7-8-16(13)20-2/h3-9H,11H2,1-2H3. The number of hydrogen-bond donors (Lipinski definition) is 0. The van der Waals surface area contributed by atoms with Gasteiger partial charge in [0.2, 0.25) is 0 Å². The average molecular weight is 287 g/mol. The summed E-state index contributed by atoms with van der Waals surface area (Å²) in [6.45, 7) is 0.614. The van der Waals surface area contributed by atoms with Crippen molar-refractivity contribution in [3.8, 4) is 11.8 Å². The minimum absolute atomic E-state index is 0.614. The van der Waals surface area contributed by atoms with Crippen LogP contribution in [0.4, 0.5) is 5.69 Å². The second-order valence-electron chi connectivity index (χ2n) is 4.44. The predicted molar refractivity (Wildman–Crippen MR) is 81.3 cm³/mol. The van der Waals surface area contributed by atoms with Gasteiger partial charge in [-0.1, -0.05) is 23.7 Å². The molecule has 0 amide bonds. The van der Waals surface area contributed by atoms with Crippen molar-refractivity contribution in [2.45, 2.75) is 6.54 Å². The molecule has 0 aliphatic heterocycles. The molecule has 0 radical (unpaired) electrons. The Hall–Kier alpha value is -2.18. The smallest absolute Gasteiger partial charge is 0.123 e. The monoisotopic (exact) mass is 286 g/mol. The van der Waals surface area contributed by atoms with Gasteiger partial charge in [-0.25, -0.2) is 0 Å². The van der Waals surface area contributed by atoms with E-state index in [2.05, 4.69) is 6.07 Å². The maximum atomic E-state index is 9.16. The number of halogens is 1. The van der Waals surface area contributed by atoms with Crippen LogP contribution in [0.3, 0.4) is 0 Å². The van der Waals surface area contributed by atoms with Crippen LogP contribution >= 0.6 is 11.6 Å². The van der Waals surface area contributed by atoms with Gasteiger partial charge in [-0.05, 0) is 30.3 Å². The molecule has 0 spiro atoms. The van der Waals surface area contributed by atoms with Gasteiger partial charge in [0.1, 0.15) is 11.8 Å². The molecule has 20 heavy (non-hydrogen) atoms. The van der Waals surface area contributed by atoms with Crippen molar-refractivity contribution in [2.24, 2.45) is 0 Å². The molecule has 3 nitrogen and oxygen atoms in total. The number of hydrogen-bond acceptors (Lipinski definition) is 3. The van der Waals surface area contributed by atoms with Crippen LogP contribution < -0.4 is 9.64 Å². The molecule has 0 aliphatic rings. The molecular weight excluding hydrogens is 272 g/mol. The first-order valence-corrected chi connectivity index (χ1v) is 6.56. The number of rotatable bonds is 4. The first-order chi connectivity index (χ1) is 9.65. The van der Waals surface area contributed by atoms with Gasteiger partial charge in [0, 0.05) is 24.2 Å². The summed E-state index contributed by atoms with van der Waals surface area (Å²) in [5, 5.41) is 9.83. The van der Waals surface area contributed by atoms with E-state index in [1.807, 2.05) is 42.3 Å². The van der Waals surface area contributed by atoms with E-state index in [-0.39, 0.29) is 0 Å². The Balaban J connectivity index is 2.30. The van der Waals surface area contributed by atoms with Crippen molar-refractivity contribution in [3.63, 3.8) is 0 Å². The lowest BCUT2D eigenvalue weighted by atomic mass is 10.1. The van der Waals surface area contributed by atoms with Crippen molar-refractivity contribution in [2.75, 3.05) is 19.1 Å². The Morgan fingerprint density at radius 3 is 2.70 bits per heavy atom. The van der Waals surface area contributed by atoms with Crippen LogP contribution in [0.5, 0.6) is 5.75 Å². The van der Waals surface area contributed by atoms with Crippen molar-refractivity contribution in [1.82, 2.24) is 0 Å². The SMILES string of the molecule is COc1ccc(Cl)cc1CN(C)c1ccccc1C#N. The molecule has 0 aliphatic carbocycles. The summed E-state index contributed by atoms with van der Waals surface area (Å²) in [7, 11) is 3.58. The van der Waals surface area contributed by atoms with E-state index in [4.69, 9.17) is 21.6 Å². The van der Waals surface area contributed by atoms with Gasteiger partial charge in [0.15, 0.2) is 0 Å². The molecule has 0 saturated carbocycles. The molecule has 2 aromatic rings. The number of methoxy groups -OCH3 is 1. The molecule has 2 rings (SSSR count). The number of nitrogens with zero attached hydrogens (tertiary/aromatic N) is 2. The van der Waals surface area contributed by atoms with Crippen LogP contribution in [0.2, 0.25) is 5.02 Å². The summed E-state index contributed by atoms with van der Waals surface area (Å²) in [4.78, 5) is 2.01. The van der Waals surface area contributed by atoms with Gasteiger partial charge in [-0.2, -0.15) is 5.26 Å². The lowest BCUT2D eigenvalue weighted by Gasteiger charge is -2.21. The Bertz CT molecular complexity index is 649. The third kappa shape index (κ3) is 3.04. The summed E-state index contributed by atoms with van der Waals surface area (Å²) >= 11 is 6.04. The van der Waals surface area contributed by atoms with Gasteiger partial charge in [0.05, 0.1) is 18.4 Å². The molecule has 102 valence electrons. The van der Waals surface area contributed by atoms with Crippen molar-refractivity contribution < 1.29 is 4.74 Å². The molecule has 0 bridgehead atoms. The minimum Gasteiger partial charge on any atom is -0.496 e. The Morgan fingerprint density at radius 1 is 1.25 bits per heavy atom. The maximum absolute atomic E-state index is 9.16. The molecule has 0 atom stereocenters. The molecule has 0 N–H and O–H groups in total. The minimum atomic E-state index is 0.614. The Labute approximate surface area is 124 Å². The second kappa shape index (κ2) is 6.31. The van der Waals surface area contributed by atoms with E-state index in [1.165, 1.54) is 0 Å². The highest BCUT2D eigenvalue weighted by Crippen LogP contribution is 2.26. The van der Waals surface area contributed by atoms with Gasteiger partial charge < -0.3 is 9.64 Å². The van der Waals surface area contributed by atoms with E-state index in [0.717, 1.165) is 17.0 Å². The molecule has 0 fully saturated rings. The normalized spacial score (nSPS) is 9.90. The molecule has 0 aromatic heterocycles. The Morgan fingerprint density at radius 2 is 2.00 bits per heavy atom. The largest absolute Gasteiger partial charge is 0.496 e. The Kier molecular flexibility index (Phi) is 4.49. The lowest BCUT2D eigenvalue weighted by molar-refractivity contribution is 0.409. The first kappa shape index (κ1) is 14.2. The fourth-order valence-electron chi connectivity index (χ4n) is 2.11. The quantitative estimate of drug-likeness (QED) is 0.856. The van der Waals surface area contributed by atoms with Crippen molar-refractivity contribution >= 4 is 17.3 Å². The summed E-state index contributed by atoms with van der Waals surface area (Å²) < 4.78 is 5.34. The third-order valence-electron chi connectivity index (χ3n) is 3.09. The molecule has 0 unspecified atom stereocenters. The maximum Gasteiger partial charge on any atom is 0.123 e. The van der Waals surface area contributed by atoms with Crippen LogP contribution in [0.1, 0.15) is 11.1 Å². The van der Waals surface area contributed by atoms with Crippen molar-refractivity contribution in [1.29, 1.82) is 5.26 Å². The zero-order valence-electron chi connectivity index (χ0n) is 11.4. The number of para-hydroxylation sites is 1. The molecular formula is C16H15ClN2O. The molecule has 4 heteroatoms. The fourth-order valence-corrected chi connectivity index (χ4v) is 2.31. The predicted octanol–water partition coefficient (Wildman–Crippen LogP) is 3.86. The highest BCUT2D eigenvalue weighted by molar-refractivity contribution is 6.30. The average Bonchev–Trinajstić information content (AvgIpc) is 2.47. The second-order valence-corrected chi connectivity index (χ2v) is 4.88. The summed E-state index contributed by atoms with van der Waals surface area (Å²) in [6, 6.07) is 15.2. The van der Waals surface area contributed by atoms with E-state index in [1.54, 1.807) is 19.2 Å². The molecule has 2 aromatic carbocycles. The van der Waals surface area contributed by atoms with Crippen LogP contribution in [0, 0.1) is 11.3 Å². The van der Waals surface area contributed by atoms with E-state index < -0.39 is 0 Å². The van der Waals surface area contributed by atoms with Gasteiger partial charge in [-0.3, -0.25) is 0 Å². The van der Waals surface area contributed by atoms with E-state index in [9.17, 15) is 0 Å². The molecule has 0 heterocycles. The molecule has 0 saturated heterocycles. The van der Waals surface area contributed by atoms with Crippen molar-refractivity contribution in [3.05, 3.63) is 58.6 Å². The number of benzene rings is 2. The highest BCUT2D eigenvalue weighted by atomic mass is 35.5. The zero-order valence-corrected chi connectivity index (χ0v) is 12.2. The lowest BCUT2D eigenvalue weighted by Crippen LogP contribution is -2.18. The topological polar surface area (TPSA) is 36.3 Å². The van der Waals surface area contributed by atoms with Crippen LogP contribution in [0.25, 0.3) is 0 Å². The van der Waals surface area contributed by atoms with E-state index in [0.29, 0.717) is 17.1 Å². The van der Waals surface area contributed by atoms with Crippen LogP contribution in [-0.2, 0) is 6.54 Å². The number of ether oxygens (including phenoxy) is 1. The fraction of sp³-hybridized carbons (Fsp3) is 0.188. The van der Waals surface area contributed by atoms with Gasteiger partial charge in [-0.15, -0.1) is 0 Å². The van der Waals surface area contributed by atoms with E-state index >= 15 is 0 Å². The van der Waals surface area contributed by atoms with Gasteiger partial charge in [0.25, 0.3) is 0 Å².